The lowest BCUT2D eigenvalue weighted by Crippen LogP contribution is -2.12. The van der Waals surface area contributed by atoms with E-state index < -0.39 is 5.97 Å². The minimum absolute atomic E-state index is 0.164. The molecule has 2 nitrogen and oxygen atoms in total. The van der Waals surface area contributed by atoms with Gasteiger partial charge in [0.1, 0.15) is 0 Å². The van der Waals surface area contributed by atoms with Crippen LogP contribution in [0.4, 0.5) is 0 Å². The van der Waals surface area contributed by atoms with Gasteiger partial charge in [-0.15, -0.1) is 0 Å². The highest BCUT2D eigenvalue weighted by Gasteiger charge is 2.15. The molecule has 0 amide bonds. The number of hydrogen-bond acceptors (Lipinski definition) is 1. The van der Waals surface area contributed by atoms with Gasteiger partial charge in [0.2, 0.25) is 0 Å². The molecule has 18 heavy (non-hydrogen) atoms. The van der Waals surface area contributed by atoms with Crippen molar-refractivity contribution < 1.29 is 9.90 Å². The van der Waals surface area contributed by atoms with Crippen molar-refractivity contribution in [2.45, 2.75) is 52.9 Å². The first-order chi connectivity index (χ1) is 8.21. The summed E-state index contributed by atoms with van der Waals surface area (Å²) in [7, 11) is 0. The Bertz CT molecular complexity index is 427. The van der Waals surface area contributed by atoms with Crippen molar-refractivity contribution in [1.82, 2.24) is 0 Å². The summed E-state index contributed by atoms with van der Waals surface area (Å²) in [6, 6.07) is 6.53. The lowest BCUT2D eigenvalue weighted by Gasteiger charge is -2.20. The zero-order valence-corrected chi connectivity index (χ0v) is 12.1. The number of aryl methyl sites for hydroxylation is 2. The van der Waals surface area contributed by atoms with E-state index in [0.717, 1.165) is 6.42 Å². The minimum atomic E-state index is -0.709. The number of aliphatic carboxylic acids is 1. The molecule has 0 aliphatic rings. The maximum Gasteiger partial charge on any atom is 0.306 e. The van der Waals surface area contributed by atoms with Gasteiger partial charge in [-0.3, -0.25) is 4.79 Å². The molecule has 1 aromatic rings. The van der Waals surface area contributed by atoms with Gasteiger partial charge in [-0.25, -0.2) is 0 Å². The molecule has 0 saturated heterocycles. The molecular formula is C16H24O2. The molecule has 1 rings (SSSR count). The van der Waals surface area contributed by atoms with Crippen molar-refractivity contribution in [1.29, 1.82) is 0 Å². The summed E-state index contributed by atoms with van der Waals surface area (Å²) < 4.78 is 0. The Morgan fingerprint density at radius 2 is 1.94 bits per heavy atom. The normalized spacial score (nSPS) is 13.4. The molecule has 0 aromatic heterocycles. The highest BCUT2D eigenvalue weighted by atomic mass is 16.4. The van der Waals surface area contributed by atoms with Crippen molar-refractivity contribution in [2.75, 3.05) is 0 Å². The van der Waals surface area contributed by atoms with Crippen LogP contribution in [0.5, 0.6) is 0 Å². The summed E-state index contributed by atoms with van der Waals surface area (Å²) in [5, 5.41) is 8.88. The number of carbonyl (C=O) groups is 1. The van der Waals surface area contributed by atoms with E-state index in [-0.39, 0.29) is 11.3 Å². The summed E-state index contributed by atoms with van der Waals surface area (Å²) in [4.78, 5) is 10.8. The zero-order valence-electron chi connectivity index (χ0n) is 12.1. The second kappa shape index (κ2) is 5.55. The fourth-order valence-electron chi connectivity index (χ4n) is 1.94. The summed E-state index contributed by atoms with van der Waals surface area (Å²) in [6.45, 7) is 10.5. The van der Waals surface area contributed by atoms with E-state index in [9.17, 15) is 4.79 Å². The molecular weight excluding hydrogens is 224 g/mol. The van der Waals surface area contributed by atoms with E-state index in [1.54, 1.807) is 6.92 Å². The molecule has 1 atom stereocenters. The molecule has 0 spiro atoms. The van der Waals surface area contributed by atoms with Crippen LogP contribution in [0.1, 0.15) is 50.8 Å². The van der Waals surface area contributed by atoms with Crippen molar-refractivity contribution in [3.8, 4) is 0 Å². The SMILES string of the molecule is Cc1cc(C(C)(C)C)ccc1CCC(C)C(=O)O. The molecule has 1 aromatic carbocycles. The van der Waals surface area contributed by atoms with Crippen LogP contribution in [0.3, 0.4) is 0 Å². The lowest BCUT2D eigenvalue weighted by molar-refractivity contribution is -0.141. The first-order valence-electron chi connectivity index (χ1n) is 6.54. The van der Waals surface area contributed by atoms with Gasteiger partial charge in [-0.1, -0.05) is 45.9 Å². The van der Waals surface area contributed by atoms with Gasteiger partial charge in [0.15, 0.2) is 0 Å². The number of hydrogen-bond donors (Lipinski definition) is 1. The van der Waals surface area contributed by atoms with Gasteiger partial charge in [-0.05, 0) is 41.9 Å². The van der Waals surface area contributed by atoms with Crippen LogP contribution in [0.15, 0.2) is 18.2 Å². The zero-order chi connectivity index (χ0) is 13.9. The fourth-order valence-corrected chi connectivity index (χ4v) is 1.94. The molecule has 2 heteroatoms. The van der Waals surface area contributed by atoms with Gasteiger partial charge in [0.05, 0.1) is 5.92 Å². The Morgan fingerprint density at radius 3 is 2.39 bits per heavy atom. The van der Waals surface area contributed by atoms with Crippen molar-refractivity contribution in [2.24, 2.45) is 5.92 Å². The highest BCUT2D eigenvalue weighted by Crippen LogP contribution is 2.25. The van der Waals surface area contributed by atoms with Gasteiger partial charge < -0.3 is 5.11 Å². The Morgan fingerprint density at radius 1 is 1.33 bits per heavy atom. The average molecular weight is 248 g/mol. The molecule has 0 saturated carbocycles. The predicted molar refractivity (Wildman–Crippen MR) is 75.0 cm³/mol. The first-order valence-corrected chi connectivity index (χ1v) is 6.54. The molecule has 0 radical (unpaired) electrons. The Hall–Kier alpha value is -1.31. The van der Waals surface area contributed by atoms with E-state index in [4.69, 9.17) is 5.11 Å². The van der Waals surface area contributed by atoms with Gasteiger partial charge in [0, 0.05) is 0 Å². The topological polar surface area (TPSA) is 37.3 Å². The highest BCUT2D eigenvalue weighted by molar-refractivity contribution is 5.69. The molecule has 0 aliphatic carbocycles. The molecule has 1 N–H and O–H groups in total. The minimum Gasteiger partial charge on any atom is -0.481 e. The van der Waals surface area contributed by atoms with E-state index in [2.05, 4.69) is 45.9 Å². The van der Waals surface area contributed by atoms with E-state index in [0.29, 0.717) is 6.42 Å². The van der Waals surface area contributed by atoms with Gasteiger partial charge in [-0.2, -0.15) is 0 Å². The maximum absolute atomic E-state index is 10.8. The summed E-state index contributed by atoms with van der Waals surface area (Å²) in [5.41, 5.74) is 4.02. The van der Waals surface area contributed by atoms with Crippen molar-refractivity contribution >= 4 is 5.97 Å². The predicted octanol–water partition coefficient (Wildman–Crippen LogP) is 3.95. The summed E-state index contributed by atoms with van der Waals surface area (Å²) >= 11 is 0. The third kappa shape index (κ3) is 3.86. The van der Waals surface area contributed by atoms with Crippen molar-refractivity contribution in [3.05, 3.63) is 34.9 Å². The number of carboxylic acids is 1. The smallest absolute Gasteiger partial charge is 0.306 e. The Labute approximate surface area is 110 Å². The van der Waals surface area contributed by atoms with Crippen LogP contribution in [-0.4, -0.2) is 11.1 Å². The first kappa shape index (κ1) is 14.7. The van der Waals surface area contributed by atoms with Gasteiger partial charge in [0.25, 0.3) is 0 Å². The van der Waals surface area contributed by atoms with E-state index >= 15 is 0 Å². The monoisotopic (exact) mass is 248 g/mol. The van der Waals surface area contributed by atoms with Crippen LogP contribution >= 0.6 is 0 Å². The molecule has 0 aliphatic heterocycles. The fraction of sp³-hybridized carbons (Fsp3) is 0.562. The number of rotatable bonds is 4. The molecule has 0 fully saturated rings. The second-order valence-electron chi connectivity index (χ2n) is 6.17. The number of benzene rings is 1. The number of carboxylic acid groups (broad SMARTS) is 1. The lowest BCUT2D eigenvalue weighted by atomic mass is 9.84. The third-order valence-corrected chi connectivity index (χ3v) is 3.48. The van der Waals surface area contributed by atoms with E-state index in [1.165, 1.54) is 16.7 Å². The molecule has 1 unspecified atom stereocenters. The van der Waals surface area contributed by atoms with Crippen LogP contribution in [0.25, 0.3) is 0 Å². The second-order valence-corrected chi connectivity index (χ2v) is 6.17. The van der Waals surface area contributed by atoms with Crippen LogP contribution < -0.4 is 0 Å². The quantitative estimate of drug-likeness (QED) is 0.876. The standard InChI is InChI=1S/C16H24O2/c1-11(15(17)18)6-7-13-8-9-14(10-12(13)2)16(3,4)5/h8-11H,6-7H2,1-5H3,(H,17,18). The van der Waals surface area contributed by atoms with E-state index in [1.807, 2.05) is 0 Å². The van der Waals surface area contributed by atoms with Gasteiger partial charge >= 0.3 is 5.97 Å². The largest absolute Gasteiger partial charge is 0.481 e. The van der Waals surface area contributed by atoms with Crippen molar-refractivity contribution in [3.63, 3.8) is 0 Å². The molecule has 0 bridgehead atoms. The van der Waals surface area contributed by atoms with Crippen LogP contribution in [0, 0.1) is 12.8 Å². The summed E-state index contributed by atoms with van der Waals surface area (Å²) in [6.07, 6.45) is 1.54. The summed E-state index contributed by atoms with van der Waals surface area (Å²) in [5.74, 6) is -0.981. The average Bonchev–Trinajstić information content (AvgIpc) is 2.25. The maximum atomic E-state index is 10.8. The molecule has 0 heterocycles. The van der Waals surface area contributed by atoms with Crippen LogP contribution in [0.2, 0.25) is 0 Å². The molecule has 100 valence electrons. The Kier molecular flexibility index (Phi) is 4.55. The third-order valence-electron chi connectivity index (χ3n) is 3.48. The van der Waals surface area contributed by atoms with Crippen LogP contribution in [-0.2, 0) is 16.6 Å². The Balaban J connectivity index is 2.78.